The summed E-state index contributed by atoms with van der Waals surface area (Å²) in [5.74, 6) is -1.61. The Bertz CT molecular complexity index is 819. The number of carbonyl (C=O) groups is 3. The molecule has 0 atom stereocenters. The van der Waals surface area contributed by atoms with Crippen LogP contribution in [0.5, 0.6) is 0 Å². The van der Waals surface area contributed by atoms with Crippen molar-refractivity contribution in [3.8, 4) is 0 Å². The van der Waals surface area contributed by atoms with Crippen molar-refractivity contribution in [1.82, 2.24) is 0 Å². The van der Waals surface area contributed by atoms with E-state index in [9.17, 15) is 14.4 Å². The van der Waals surface area contributed by atoms with Crippen LogP contribution in [0.1, 0.15) is 26.3 Å². The molecule has 6 nitrogen and oxygen atoms in total. The molecule has 25 heavy (non-hydrogen) atoms. The van der Waals surface area contributed by atoms with E-state index in [1.165, 1.54) is 13.2 Å². The summed E-state index contributed by atoms with van der Waals surface area (Å²) in [5, 5.41) is 2.61. The number of hydrogen-bond acceptors (Lipinski definition) is 5. The molecule has 0 aliphatic rings. The lowest BCUT2D eigenvalue weighted by atomic mass is 10.1. The highest BCUT2D eigenvalue weighted by Crippen LogP contribution is 2.18. The summed E-state index contributed by atoms with van der Waals surface area (Å²) in [6, 6.07) is 11.5. The first kappa shape index (κ1) is 18.7. The molecule has 0 saturated heterocycles. The van der Waals surface area contributed by atoms with Gasteiger partial charge < -0.3 is 14.8 Å². The zero-order valence-electron chi connectivity index (χ0n) is 13.7. The average Bonchev–Trinajstić information content (AvgIpc) is 2.60. The normalized spacial score (nSPS) is 10.0. The lowest BCUT2D eigenvalue weighted by molar-refractivity contribution is -0.119. The van der Waals surface area contributed by atoms with Gasteiger partial charge in [0.1, 0.15) is 0 Å². The number of rotatable bonds is 5. The summed E-state index contributed by atoms with van der Waals surface area (Å²) in [6.45, 7) is 1.34. The third kappa shape index (κ3) is 5.15. The molecule has 0 spiro atoms. The fourth-order valence-electron chi connectivity index (χ4n) is 2.02. The molecule has 0 aliphatic carbocycles. The summed E-state index contributed by atoms with van der Waals surface area (Å²) >= 11 is 3.26. The topological polar surface area (TPSA) is 81.7 Å². The van der Waals surface area contributed by atoms with Gasteiger partial charge in [-0.1, -0.05) is 28.1 Å². The first-order valence-corrected chi connectivity index (χ1v) is 8.11. The molecule has 1 N–H and O–H groups in total. The van der Waals surface area contributed by atoms with Crippen molar-refractivity contribution in [2.75, 3.05) is 19.0 Å². The summed E-state index contributed by atoms with van der Waals surface area (Å²) in [7, 11) is 1.28. The van der Waals surface area contributed by atoms with E-state index >= 15 is 0 Å². The van der Waals surface area contributed by atoms with Gasteiger partial charge in [0.05, 0.1) is 18.2 Å². The van der Waals surface area contributed by atoms with Gasteiger partial charge in [0.25, 0.3) is 5.91 Å². The number of amides is 1. The van der Waals surface area contributed by atoms with Crippen LogP contribution in [0.2, 0.25) is 0 Å². The number of ether oxygens (including phenoxy) is 2. The molecule has 0 bridgehead atoms. The molecule has 2 aromatic carbocycles. The van der Waals surface area contributed by atoms with E-state index in [0.29, 0.717) is 16.8 Å². The summed E-state index contributed by atoms with van der Waals surface area (Å²) < 4.78 is 10.4. The van der Waals surface area contributed by atoms with Crippen LogP contribution < -0.4 is 5.32 Å². The Morgan fingerprint density at radius 3 is 2.44 bits per heavy atom. The van der Waals surface area contributed by atoms with Gasteiger partial charge >= 0.3 is 11.9 Å². The molecule has 0 fully saturated rings. The highest BCUT2D eigenvalue weighted by Gasteiger charge is 2.13. The maximum absolute atomic E-state index is 12.0. The minimum absolute atomic E-state index is 0.314. The quantitative estimate of drug-likeness (QED) is 0.771. The van der Waals surface area contributed by atoms with E-state index < -0.39 is 24.5 Å². The van der Waals surface area contributed by atoms with E-state index in [4.69, 9.17) is 4.74 Å². The SMILES string of the molecule is COC(=O)c1ccc(C)c(NC(=O)COC(=O)c2cccc(Br)c2)c1. The maximum atomic E-state index is 12.0. The van der Waals surface area contributed by atoms with Crippen molar-refractivity contribution in [3.05, 3.63) is 63.6 Å². The number of methoxy groups -OCH3 is 1. The highest BCUT2D eigenvalue weighted by atomic mass is 79.9. The Labute approximate surface area is 153 Å². The zero-order chi connectivity index (χ0) is 18.4. The van der Waals surface area contributed by atoms with Crippen LogP contribution >= 0.6 is 15.9 Å². The molecule has 0 heterocycles. The number of aryl methyl sites for hydroxylation is 1. The number of carbonyl (C=O) groups excluding carboxylic acids is 3. The van der Waals surface area contributed by atoms with Crippen LogP contribution in [-0.2, 0) is 14.3 Å². The van der Waals surface area contributed by atoms with E-state index in [2.05, 4.69) is 26.0 Å². The highest BCUT2D eigenvalue weighted by molar-refractivity contribution is 9.10. The smallest absolute Gasteiger partial charge is 0.338 e. The van der Waals surface area contributed by atoms with Crippen molar-refractivity contribution in [3.63, 3.8) is 0 Å². The van der Waals surface area contributed by atoms with Crippen molar-refractivity contribution in [1.29, 1.82) is 0 Å². The van der Waals surface area contributed by atoms with Crippen LogP contribution in [0.3, 0.4) is 0 Å². The zero-order valence-corrected chi connectivity index (χ0v) is 15.3. The van der Waals surface area contributed by atoms with E-state index in [-0.39, 0.29) is 0 Å². The predicted molar refractivity (Wildman–Crippen MR) is 95.6 cm³/mol. The molecule has 0 saturated carbocycles. The monoisotopic (exact) mass is 405 g/mol. The lowest BCUT2D eigenvalue weighted by Gasteiger charge is -2.10. The second-order valence-electron chi connectivity index (χ2n) is 5.16. The lowest BCUT2D eigenvalue weighted by Crippen LogP contribution is -2.21. The minimum Gasteiger partial charge on any atom is -0.465 e. The third-order valence-corrected chi connectivity index (χ3v) is 3.82. The van der Waals surface area contributed by atoms with Crippen molar-refractivity contribution in [2.45, 2.75) is 6.92 Å². The van der Waals surface area contributed by atoms with E-state index in [1.54, 1.807) is 43.3 Å². The standard InChI is InChI=1S/C18H16BrNO5/c1-11-6-7-13(17(22)24-2)9-15(11)20-16(21)10-25-18(23)12-4-3-5-14(19)8-12/h3-9H,10H2,1-2H3,(H,20,21). The van der Waals surface area contributed by atoms with Crippen molar-refractivity contribution < 1.29 is 23.9 Å². The van der Waals surface area contributed by atoms with Gasteiger partial charge in [-0.2, -0.15) is 0 Å². The van der Waals surface area contributed by atoms with Crippen LogP contribution in [0.15, 0.2) is 46.9 Å². The fraction of sp³-hybridized carbons (Fsp3) is 0.167. The molecular weight excluding hydrogens is 390 g/mol. The second kappa shape index (κ2) is 8.43. The van der Waals surface area contributed by atoms with Gasteiger partial charge in [0.15, 0.2) is 6.61 Å². The molecule has 2 aromatic rings. The Morgan fingerprint density at radius 2 is 1.76 bits per heavy atom. The molecule has 0 radical (unpaired) electrons. The number of benzene rings is 2. The van der Waals surface area contributed by atoms with Crippen molar-refractivity contribution in [2.24, 2.45) is 0 Å². The van der Waals surface area contributed by atoms with E-state index in [0.717, 1.165) is 10.0 Å². The second-order valence-corrected chi connectivity index (χ2v) is 6.07. The number of nitrogens with one attached hydrogen (secondary N) is 1. The van der Waals surface area contributed by atoms with Gasteiger partial charge in [-0.3, -0.25) is 4.79 Å². The number of anilines is 1. The van der Waals surface area contributed by atoms with Gasteiger partial charge in [-0.05, 0) is 42.8 Å². The first-order chi connectivity index (χ1) is 11.9. The molecule has 0 unspecified atom stereocenters. The van der Waals surface area contributed by atoms with E-state index in [1.807, 2.05) is 0 Å². The van der Waals surface area contributed by atoms with Gasteiger partial charge in [0.2, 0.25) is 0 Å². The Kier molecular flexibility index (Phi) is 6.30. The molecule has 130 valence electrons. The van der Waals surface area contributed by atoms with Gasteiger partial charge in [-0.15, -0.1) is 0 Å². The molecule has 1 amide bonds. The number of halogens is 1. The third-order valence-electron chi connectivity index (χ3n) is 3.33. The van der Waals surface area contributed by atoms with Crippen LogP contribution in [0.4, 0.5) is 5.69 Å². The summed E-state index contributed by atoms with van der Waals surface area (Å²) in [6.07, 6.45) is 0. The maximum Gasteiger partial charge on any atom is 0.338 e. The predicted octanol–water partition coefficient (Wildman–Crippen LogP) is 3.34. The Hall–Kier alpha value is -2.67. The Balaban J connectivity index is 1.98. The van der Waals surface area contributed by atoms with Gasteiger partial charge in [0, 0.05) is 10.2 Å². The fourth-order valence-corrected chi connectivity index (χ4v) is 2.42. The first-order valence-electron chi connectivity index (χ1n) is 7.32. The Morgan fingerprint density at radius 1 is 1.04 bits per heavy atom. The van der Waals surface area contributed by atoms with Crippen molar-refractivity contribution >= 4 is 39.5 Å². The summed E-state index contributed by atoms with van der Waals surface area (Å²) in [4.78, 5) is 35.5. The van der Waals surface area contributed by atoms with Gasteiger partial charge in [-0.25, -0.2) is 9.59 Å². The number of esters is 2. The molecule has 7 heteroatoms. The minimum atomic E-state index is -0.600. The summed E-state index contributed by atoms with van der Waals surface area (Å²) in [5.41, 5.74) is 1.87. The molecule has 0 aliphatic heterocycles. The number of hydrogen-bond donors (Lipinski definition) is 1. The molecule has 0 aromatic heterocycles. The van der Waals surface area contributed by atoms with Crippen LogP contribution in [-0.4, -0.2) is 31.6 Å². The molecule has 2 rings (SSSR count). The van der Waals surface area contributed by atoms with Crippen LogP contribution in [0.25, 0.3) is 0 Å². The average molecular weight is 406 g/mol. The van der Waals surface area contributed by atoms with Crippen LogP contribution in [0, 0.1) is 6.92 Å². The molecular formula is C18H16BrNO5. The largest absolute Gasteiger partial charge is 0.465 e.